The molecule has 0 aromatic heterocycles. The van der Waals surface area contributed by atoms with Crippen molar-refractivity contribution >= 4 is 11.1 Å². The SMILES string of the molecule is CC/C(=C(/Cc1ccccc1)c1ccccc1)c1ccccc1OC(C)N1CCOCC1. The molecule has 0 saturated carbocycles. The van der Waals surface area contributed by atoms with Crippen molar-refractivity contribution in [3.8, 4) is 5.75 Å². The number of rotatable bonds is 8. The van der Waals surface area contributed by atoms with Gasteiger partial charge in [-0.15, -0.1) is 0 Å². The lowest BCUT2D eigenvalue weighted by atomic mass is 9.88. The fraction of sp³-hybridized carbons (Fsp3) is 0.310. The first kappa shape index (κ1) is 22.3. The maximum absolute atomic E-state index is 6.54. The lowest BCUT2D eigenvalue weighted by Gasteiger charge is -2.33. The Labute approximate surface area is 192 Å². The van der Waals surface area contributed by atoms with Crippen molar-refractivity contribution in [2.45, 2.75) is 32.9 Å². The van der Waals surface area contributed by atoms with Crippen molar-refractivity contribution in [1.82, 2.24) is 4.90 Å². The molecule has 0 bridgehead atoms. The number of ether oxygens (including phenoxy) is 2. The maximum Gasteiger partial charge on any atom is 0.150 e. The molecule has 0 N–H and O–H groups in total. The minimum atomic E-state index is 0.00690. The van der Waals surface area contributed by atoms with Crippen LogP contribution in [-0.4, -0.2) is 37.4 Å². The summed E-state index contributed by atoms with van der Waals surface area (Å²) in [5.41, 5.74) is 6.46. The van der Waals surface area contributed by atoms with Gasteiger partial charge in [0, 0.05) is 18.7 Å². The zero-order valence-corrected chi connectivity index (χ0v) is 19.2. The molecule has 0 aliphatic carbocycles. The molecule has 0 spiro atoms. The Hall–Kier alpha value is -2.88. The summed E-state index contributed by atoms with van der Waals surface area (Å²) in [5, 5.41) is 0. The van der Waals surface area contributed by atoms with Crippen LogP contribution in [0.1, 0.15) is 37.0 Å². The standard InChI is InChI=1S/C29H33NO2/c1-3-26(28(25-14-8-5-9-15-25)22-24-12-6-4-7-13-24)27-16-10-11-17-29(27)32-23(2)30-18-20-31-21-19-30/h4-17,23H,3,18-22H2,1-2H3/b28-26+. The molecule has 1 atom stereocenters. The quantitative estimate of drug-likeness (QED) is 0.393. The summed E-state index contributed by atoms with van der Waals surface area (Å²) >= 11 is 0. The molecule has 1 saturated heterocycles. The van der Waals surface area contributed by atoms with Gasteiger partial charge in [-0.25, -0.2) is 0 Å². The van der Waals surface area contributed by atoms with Gasteiger partial charge in [0.25, 0.3) is 0 Å². The molecule has 166 valence electrons. The molecular formula is C29H33NO2. The van der Waals surface area contributed by atoms with Gasteiger partial charge in [-0.05, 0) is 48.1 Å². The van der Waals surface area contributed by atoms with Crippen molar-refractivity contribution in [2.24, 2.45) is 0 Å². The van der Waals surface area contributed by atoms with Crippen LogP contribution >= 0.6 is 0 Å². The van der Waals surface area contributed by atoms with Gasteiger partial charge in [0.05, 0.1) is 13.2 Å². The third-order valence-corrected chi connectivity index (χ3v) is 6.13. The summed E-state index contributed by atoms with van der Waals surface area (Å²) in [6, 6.07) is 30.0. The van der Waals surface area contributed by atoms with Crippen LogP contribution < -0.4 is 4.74 Å². The van der Waals surface area contributed by atoms with Crippen molar-refractivity contribution in [2.75, 3.05) is 26.3 Å². The summed E-state index contributed by atoms with van der Waals surface area (Å²) in [7, 11) is 0. The summed E-state index contributed by atoms with van der Waals surface area (Å²) < 4.78 is 12.1. The van der Waals surface area contributed by atoms with E-state index in [0.717, 1.165) is 44.9 Å². The van der Waals surface area contributed by atoms with Gasteiger partial charge in [0.2, 0.25) is 0 Å². The van der Waals surface area contributed by atoms with E-state index in [-0.39, 0.29) is 6.23 Å². The largest absolute Gasteiger partial charge is 0.475 e. The molecule has 3 aromatic carbocycles. The van der Waals surface area contributed by atoms with E-state index >= 15 is 0 Å². The van der Waals surface area contributed by atoms with E-state index in [1.807, 2.05) is 0 Å². The topological polar surface area (TPSA) is 21.7 Å². The van der Waals surface area contributed by atoms with Gasteiger partial charge in [0.1, 0.15) is 12.0 Å². The Morgan fingerprint density at radius 2 is 1.47 bits per heavy atom. The molecule has 3 heteroatoms. The fourth-order valence-corrected chi connectivity index (χ4v) is 4.41. The zero-order valence-electron chi connectivity index (χ0n) is 19.2. The average molecular weight is 428 g/mol. The van der Waals surface area contributed by atoms with E-state index < -0.39 is 0 Å². The van der Waals surface area contributed by atoms with E-state index in [2.05, 4.69) is 104 Å². The van der Waals surface area contributed by atoms with Gasteiger partial charge in [-0.2, -0.15) is 0 Å². The van der Waals surface area contributed by atoms with E-state index in [9.17, 15) is 0 Å². The molecule has 1 fully saturated rings. The molecule has 4 rings (SSSR count). The highest BCUT2D eigenvalue weighted by atomic mass is 16.5. The zero-order chi connectivity index (χ0) is 22.2. The van der Waals surface area contributed by atoms with Gasteiger partial charge in [-0.3, -0.25) is 4.90 Å². The summed E-state index contributed by atoms with van der Waals surface area (Å²) in [6.07, 6.45) is 1.83. The summed E-state index contributed by atoms with van der Waals surface area (Å²) in [6.45, 7) is 7.73. The second-order valence-electron chi connectivity index (χ2n) is 8.20. The highest BCUT2D eigenvalue weighted by Gasteiger charge is 2.21. The van der Waals surface area contributed by atoms with Gasteiger partial charge < -0.3 is 9.47 Å². The van der Waals surface area contributed by atoms with Crippen molar-refractivity contribution in [1.29, 1.82) is 0 Å². The van der Waals surface area contributed by atoms with Gasteiger partial charge in [-0.1, -0.05) is 85.8 Å². The number of para-hydroxylation sites is 1. The molecule has 1 aliphatic heterocycles. The molecule has 0 radical (unpaired) electrons. The first-order valence-electron chi connectivity index (χ1n) is 11.7. The van der Waals surface area contributed by atoms with Crippen LogP contribution in [0, 0.1) is 0 Å². The number of nitrogens with zero attached hydrogens (tertiary/aromatic N) is 1. The molecule has 3 aromatic rings. The Kier molecular flexibility index (Phi) is 7.76. The summed E-state index contributed by atoms with van der Waals surface area (Å²) in [4.78, 5) is 2.34. The van der Waals surface area contributed by atoms with Crippen LogP contribution in [0.4, 0.5) is 0 Å². The monoisotopic (exact) mass is 427 g/mol. The van der Waals surface area contributed by atoms with Crippen molar-refractivity contribution in [3.05, 3.63) is 102 Å². The predicted octanol–water partition coefficient (Wildman–Crippen LogP) is 6.31. The van der Waals surface area contributed by atoms with E-state index in [1.54, 1.807) is 0 Å². The summed E-state index contributed by atoms with van der Waals surface area (Å²) in [5.74, 6) is 0.949. The molecule has 32 heavy (non-hydrogen) atoms. The second-order valence-corrected chi connectivity index (χ2v) is 8.20. The minimum Gasteiger partial charge on any atom is -0.475 e. The third kappa shape index (κ3) is 5.48. The third-order valence-electron chi connectivity index (χ3n) is 6.13. The normalized spacial score (nSPS) is 16.3. The fourth-order valence-electron chi connectivity index (χ4n) is 4.41. The molecule has 3 nitrogen and oxygen atoms in total. The van der Waals surface area contributed by atoms with Crippen LogP contribution in [-0.2, 0) is 11.2 Å². The maximum atomic E-state index is 6.54. The average Bonchev–Trinajstić information content (AvgIpc) is 2.86. The highest BCUT2D eigenvalue weighted by Crippen LogP contribution is 2.36. The molecule has 1 unspecified atom stereocenters. The van der Waals surface area contributed by atoms with Gasteiger partial charge >= 0.3 is 0 Å². The Balaban J connectivity index is 1.73. The molecule has 0 amide bonds. The Morgan fingerprint density at radius 3 is 2.16 bits per heavy atom. The first-order valence-corrected chi connectivity index (χ1v) is 11.7. The van der Waals surface area contributed by atoms with Crippen LogP contribution in [0.5, 0.6) is 5.75 Å². The van der Waals surface area contributed by atoms with Crippen LogP contribution in [0.2, 0.25) is 0 Å². The van der Waals surface area contributed by atoms with E-state index in [1.165, 1.54) is 27.8 Å². The Morgan fingerprint density at radius 1 is 0.844 bits per heavy atom. The minimum absolute atomic E-state index is 0.00690. The highest BCUT2D eigenvalue weighted by molar-refractivity contribution is 5.93. The lowest BCUT2D eigenvalue weighted by Crippen LogP contribution is -2.44. The smallest absolute Gasteiger partial charge is 0.150 e. The number of morpholine rings is 1. The van der Waals surface area contributed by atoms with Crippen LogP contribution in [0.25, 0.3) is 11.1 Å². The predicted molar refractivity (Wildman–Crippen MR) is 133 cm³/mol. The van der Waals surface area contributed by atoms with Crippen molar-refractivity contribution in [3.63, 3.8) is 0 Å². The van der Waals surface area contributed by atoms with Crippen LogP contribution in [0.3, 0.4) is 0 Å². The Bertz CT molecular complexity index is 1010. The molecular weight excluding hydrogens is 394 g/mol. The molecule has 1 heterocycles. The van der Waals surface area contributed by atoms with Gasteiger partial charge in [0.15, 0.2) is 0 Å². The van der Waals surface area contributed by atoms with E-state index in [0.29, 0.717) is 0 Å². The first-order chi connectivity index (χ1) is 15.8. The second kappa shape index (κ2) is 11.1. The molecule has 1 aliphatic rings. The number of allylic oxidation sites excluding steroid dienone is 2. The van der Waals surface area contributed by atoms with Crippen molar-refractivity contribution < 1.29 is 9.47 Å². The van der Waals surface area contributed by atoms with E-state index in [4.69, 9.17) is 9.47 Å². The number of hydrogen-bond acceptors (Lipinski definition) is 3. The van der Waals surface area contributed by atoms with Crippen LogP contribution in [0.15, 0.2) is 84.9 Å². The lowest BCUT2D eigenvalue weighted by molar-refractivity contribution is -0.0374. The number of benzene rings is 3. The number of hydrogen-bond donors (Lipinski definition) is 0.